The van der Waals surface area contributed by atoms with Crippen molar-refractivity contribution in [3.05, 3.63) is 17.0 Å². The number of halogens is 1. The van der Waals surface area contributed by atoms with E-state index < -0.39 is 0 Å². The normalized spacial score (nSPS) is 22.8. The number of nitrogens with zero attached hydrogens (tertiary/aromatic N) is 2. The molecule has 2 fully saturated rings. The Morgan fingerprint density at radius 2 is 2.06 bits per heavy atom. The second-order valence-corrected chi connectivity index (χ2v) is 5.89. The molecule has 1 aromatic heterocycles. The maximum atomic E-state index is 6.07. The molecule has 0 unspecified atom stereocenters. The highest BCUT2D eigenvalue weighted by Crippen LogP contribution is 2.39. The number of ether oxygens (including phenoxy) is 1. The Kier molecular flexibility index (Phi) is 3.16. The van der Waals surface area contributed by atoms with Gasteiger partial charge in [-0.3, -0.25) is 0 Å². The molecule has 0 aromatic carbocycles. The van der Waals surface area contributed by atoms with Crippen LogP contribution >= 0.6 is 11.6 Å². The first-order chi connectivity index (χ1) is 8.65. The van der Waals surface area contributed by atoms with Crippen molar-refractivity contribution < 1.29 is 4.74 Å². The van der Waals surface area contributed by atoms with Gasteiger partial charge in [-0.15, -0.1) is 0 Å². The van der Waals surface area contributed by atoms with Crippen LogP contribution in [0.4, 0.5) is 5.82 Å². The topological polar surface area (TPSA) is 47.0 Å². The first-order valence-corrected chi connectivity index (χ1v) is 6.93. The standard InChI is InChI=1S/C13H18ClN3O/c1-13(4-6-18-7-5-13)17-11-8-10(14)15-12(16-11)9-2-3-9/h8-9H,2-7H2,1H3,(H,15,16,17). The summed E-state index contributed by atoms with van der Waals surface area (Å²) in [6, 6.07) is 1.81. The van der Waals surface area contributed by atoms with Gasteiger partial charge >= 0.3 is 0 Å². The SMILES string of the molecule is CC1(Nc2cc(Cl)nc(C3CC3)n2)CCOCC1. The molecule has 2 aliphatic rings. The van der Waals surface area contributed by atoms with Gasteiger partial charge in [-0.05, 0) is 32.6 Å². The Morgan fingerprint density at radius 3 is 2.72 bits per heavy atom. The molecule has 0 atom stereocenters. The van der Waals surface area contributed by atoms with Crippen molar-refractivity contribution >= 4 is 17.4 Å². The Labute approximate surface area is 112 Å². The highest BCUT2D eigenvalue weighted by molar-refractivity contribution is 6.29. The van der Waals surface area contributed by atoms with Gasteiger partial charge in [0.1, 0.15) is 16.8 Å². The second kappa shape index (κ2) is 4.67. The Bertz CT molecular complexity index is 442. The molecular formula is C13H18ClN3O. The lowest BCUT2D eigenvalue weighted by Gasteiger charge is -2.35. The van der Waals surface area contributed by atoms with Crippen LogP contribution in [0.3, 0.4) is 0 Å². The van der Waals surface area contributed by atoms with E-state index in [4.69, 9.17) is 16.3 Å². The van der Waals surface area contributed by atoms with Crippen LogP contribution in [0.1, 0.15) is 44.3 Å². The van der Waals surface area contributed by atoms with Gasteiger partial charge in [0.05, 0.1) is 0 Å². The van der Waals surface area contributed by atoms with E-state index in [1.54, 1.807) is 0 Å². The van der Waals surface area contributed by atoms with Gasteiger partial charge in [0.25, 0.3) is 0 Å². The molecule has 0 bridgehead atoms. The molecule has 3 rings (SSSR count). The zero-order valence-corrected chi connectivity index (χ0v) is 11.3. The van der Waals surface area contributed by atoms with Crippen LogP contribution < -0.4 is 5.32 Å². The monoisotopic (exact) mass is 267 g/mol. The van der Waals surface area contributed by atoms with Crippen LogP contribution in [0.25, 0.3) is 0 Å². The van der Waals surface area contributed by atoms with E-state index in [-0.39, 0.29) is 5.54 Å². The summed E-state index contributed by atoms with van der Waals surface area (Å²) in [6.45, 7) is 3.82. The lowest BCUT2D eigenvalue weighted by Crippen LogP contribution is -2.40. The van der Waals surface area contributed by atoms with Gasteiger partial charge in [-0.1, -0.05) is 11.6 Å². The Balaban J connectivity index is 1.78. The maximum absolute atomic E-state index is 6.07. The van der Waals surface area contributed by atoms with Gasteiger partial charge in [0.2, 0.25) is 0 Å². The van der Waals surface area contributed by atoms with Crippen LogP contribution in [-0.4, -0.2) is 28.7 Å². The third-order valence-corrected chi connectivity index (χ3v) is 3.87. The zero-order valence-electron chi connectivity index (χ0n) is 10.6. The summed E-state index contributed by atoms with van der Waals surface area (Å²) in [5.74, 6) is 2.26. The van der Waals surface area contributed by atoms with Gasteiger partial charge in [-0.2, -0.15) is 0 Å². The minimum atomic E-state index is 0.0523. The smallest absolute Gasteiger partial charge is 0.135 e. The van der Waals surface area contributed by atoms with Crippen LogP contribution in [0.2, 0.25) is 5.15 Å². The average molecular weight is 268 g/mol. The summed E-state index contributed by atoms with van der Waals surface area (Å²) in [7, 11) is 0. The minimum absolute atomic E-state index is 0.0523. The molecule has 1 aliphatic heterocycles. The van der Waals surface area contributed by atoms with Gasteiger partial charge in [-0.25, -0.2) is 9.97 Å². The predicted octanol–water partition coefficient (Wildman–Crippen LogP) is 2.99. The molecule has 1 saturated heterocycles. The minimum Gasteiger partial charge on any atom is -0.381 e. The van der Waals surface area contributed by atoms with E-state index >= 15 is 0 Å². The van der Waals surface area contributed by atoms with Crippen LogP contribution in [0, 0.1) is 0 Å². The lowest BCUT2D eigenvalue weighted by atomic mass is 9.92. The third kappa shape index (κ3) is 2.75. The Hall–Kier alpha value is -0.870. The molecule has 98 valence electrons. The molecule has 1 N–H and O–H groups in total. The fourth-order valence-corrected chi connectivity index (χ4v) is 2.47. The molecule has 1 aliphatic carbocycles. The molecule has 5 heteroatoms. The quantitative estimate of drug-likeness (QED) is 0.856. The maximum Gasteiger partial charge on any atom is 0.135 e. The van der Waals surface area contributed by atoms with Crippen LogP contribution in [0.5, 0.6) is 0 Å². The first-order valence-electron chi connectivity index (χ1n) is 6.55. The van der Waals surface area contributed by atoms with Crippen LogP contribution in [0.15, 0.2) is 6.07 Å². The van der Waals surface area contributed by atoms with E-state index in [0.29, 0.717) is 11.1 Å². The van der Waals surface area contributed by atoms with Crippen molar-refractivity contribution in [2.45, 2.75) is 44.1 Å². The van der Waals surface area contributed by atoms with Crippen molar-refractivity contribution in [1.29, 1.82) is 0 Å². The zero-order chi connectivity index (χ0) is 12.6. The van der Waals surface area contributed by atoms with Gasteiger partial charge < -0.3 is 10.1 Å². The van der Waals surface area contributed by atoms with Crippen molar-refractivity contribution in [2.24, 2.45) is 0 Å². The number of anilines is 1. The van der Waals surface area contributed by atoms with E-state index in [2.05, 4.69) is 22.2 Å². The van der Waals surface area contributed by atoms with E-state index in [0.717, 1.165) is 37.7 Å². The van der Waals surface area contributed by atoms with E-state index in [1.165, 1.54) is 12.8 Å². The Morgan fingerprint density at radius 1 is 1.33 bits per heavy atom. The number of nitrogens with one attached hydrogen (secondary N) is 1. The largest absolute Gasteiger partial charge is 0.381 e. The van der Waals surface area contributed by atoms with E-state index in [9.17, 15) is 0 Å². The van der Waals surface area contributed by atoms with Crippen molar-refractivity contribution in [1.82, 2.24) is 9.97 Å². The highest BCUT2D eigenvalue weighted by atomic mass is 35.5. The summed E-state index contributed by atoms with van der Waals surface area (Å²) in [6.07, 6.45) is 4.36. The molecule has 4 nitrogen and oxygen atoms in total. The summed E-state index contributed by atoms with van der Waals surface area (Å²) in [5.41, 5.74) is 0.0523. The number of hydrogen-bond donors (Lipinski definition) is 1. The number of rotatable bonds is 3. The molecule has 0 spiro atoms. The summed E-state index contributed by atoms with van der Waals surface area (Å²) >= 11 is 6.07. The number of aromatic nitrogens is 2. The van der Waals surface area contributed by atoms with E-state index in [1.807, 2.05) is 6.07 Å². The molecule has 18 heavy (non-hydrogen) atoms. The molecule has 1 aromatic rings. The van der Waals surface area contributed by atoms with Crippen LogP contribution in [-0.2, 0) is 4.74 Å². The summed E-state index contributed by atoms with van der Waals surface area (Å²) in [4.78, 5) is 8.89. The molecule has 2 heterocycles. The van der Waals surface area contributed by atoms with Gasteiger partial charge in [0.15, 0.2) is 0 Å². The van der Waals surface area contributed by atoms with Crippen molar-refractivity contribution in [3.8, 4) is 0 Å². The average Bonchev–Trinajstić information content (AvgIpc) is 3.12. The predicted molar refractivity (Wildman–Crippen MR) is 71.1 cm³/mol. The second-order valence-electron chi connectivity index (χ2n) is 5.51. The molecule has 1 saturated carbocycles. The summed E-state index contributed by atoms with van der Waals surface area (Å²) in [5, 5.41) is 4.04. The fourth-order valence-electron chi connectivity index (χ4n) is 2.28. The van der Waals surface area contributed by atoms with Crippen molar-refractivity contribution in [3.63, 3.8) is 0 Å². The summed E-state index contributed by atoms with van der Waals surface area (Å²) < 4.78 is 5.40. The number of hydrogen-bond acceptors (Lipinski definition) is 4. The third-order valence-electron chi connectivity index (χ3n) is 3.68. The fraction of sp³-hybridized carbons (Fsp3) is 0.692. The highest BCUT2D eigenvalue weighted by Gasteiger charge is 2.30. The molecule has 0 radical (unpaired) electrons. The molecular weight excluding hydrogens is 250 g/mol. The lowest BCUT2D eigenvalue weighted by molar-refractivity contribution is 0.0657. The first kappa shape index (κ1) is 12.2. The molecule has 0 amide bonds. The van der Waals surface area contributed by atoms with Crippen molar-refractivity contribution in [2.75, 3.05) is 18.5 Å². The van der Waals surface area contributed by atoms with Gasteiger partial charge in [0, 0.05) is 30.7 Å².